The van der Waals surface area contributed by atoms with Gasteiger partial charge in [0, 0.05) is 11.4 Å². The average molecular weight is 362 g/mol. The van der Waals surface area contributed by atoms with Crippen molar-refractivity contribution in [3.05, 3.63) is 119 Å². The summed E-state index contributed by atoms with van der Waals surface area (Å²) in [5.74, 6) is 0. The van der Waals surface area contributed by atoms with Crippen LogP contribution < -0.4 is 11.5 Å². The van der Waals surface area contributed by atoms with Gasteiger partial charge in [-0.1, -0.05) is 72.3 Å². The van der Waals surface area contributed by atoms with Crippen LogP contribution in [0.5, 0.6) is 0 Å². The third-order valence-electron chi connectivity index (χ3n) is 5.84. The molecule has 0 atom stereocenters. The summed E-state index contributed by atoms with van der Waals surface area (Å²) in [7, 11) is 0. The third kappa shape index (κ3) is 2.21. The highest BCUT2D eigenvalue weighted by Crippen LogP contribution is 2.56. The maximum atomic E-state index is 6.24. The van der Waals surface area contributed by atoms with Crippen LogP contribution in [0.25, 0.3) is 11.1 Å². The number of nitrogens with two attached hydrogens (primary N) is 2. The van der Waals surface area contributed by atoms with Gasteiger partial charge in [0.15, 0.2) is 0 Å². The van der Waals surface area contributed by atoms with E-state index in [-0.39, 0.29) is 0 Å². The predicted octanol–water partition coefficient (Wildman–Crippen LogP) is 5.52. The van der Waals surface area contributed by atoms with Crippen molar-refractivity contribution < 1.29 is 0 Å². The normalized spacial score (nSPS) is 13.8. The monoisotopic (exact) mass is 362 g/mol. The smallest absolute Gasteiger partial charge is 0.0715 e. The first kappa shape index (κ1) is 16.6. The first-order valence-corrected chi connectivity index (χ1v) is 9.54. The fourth-order valence-electron chi connectivity index (χ4n) is 4.73. The highest BCUT2D eigenvalue weighted by atomic mass is 14.6. The van der Waals surface area contributed by atoms with E-state index < -0.39 is 5.41 Å². The summed E-state index contributed by atoms with van der Waals surface area (Å²) in [6.45, 7) is 2.15. The van der Waals surface area contributed by atoms with Gasteiger partial charge in [-0.15, -0.1) is 0 Å². The molecule has 1 aliphatic carbocycles. The van der Waals surface area contributed by atoms with E-state index in [1.165, 1.54) is 27.8 Å². The van der Waals surface area contributed by atoms with Gasteiger partial charge in [0.2, 0.25) is 0 Å². The lowest BCUT2D eigenvalue weighted by molar-refractivity contribution is 0.768. The first-order valence-electron chi connectivity index (χ1n) is 9.54. The summed E-state index contributed by atoms with van der Waals surface area (Å²) < 4.78 is 0. The summed E-state index contributed by atoms with van der Waals surface area (Å²) in [5.41, 5.74) is 22.2. The number of rotatable bonds is 2. The van der Waals surface area contributed by atoms with Gasteiger partial charge in [0.25, 0.3) is 0 Å². The SMILES string of the molecule is Cc1ccc2c(c1)C(c1cccc(N)c1)(c1cccc(N)c1)c1ccccc1-2. The lowest BCUT2D eigenvalue weighted by atomic mass is 9.67. The van der Waals surface area contributed by atoms with Gasteiger partial charge in [-0.05, 0) is 64.6 Å². The number of hydrogen-bond acceptors (Lipinski definition) is 2. The zero-order chi connectivity index (χ0) is 19.3. The molecule has 0 bridgehead atoms. The van der Waals surface area contributed by atoms with Crippen LogP contribution in [0.15, 0.2) is 91.0 Å². The van der Waals surface area contributed by atoms with E-state index in [1.54, 1.807) is 0 Å². The average Bonchev–Trinajstić information content (AvgIpc) is 2.98. The van der Waals surface area contributed by atoms with Crippen molar-refractivity contribution in [2.75, 3.05) is 11.5 Å². The topological polar surface area (TPSA) is 52.0 Å². The van der Waals surface area contributed by atoms with Crippen LogP contribution in [-0.4, -0.2) is 0 Å². The molecule has 4 aromatic carbocycles. The van der Waals surface area contributed by atoms with Crippen LogP contribution in [-0.2, 0) is 5.41 Å². The van der Waals surface area contributed by atoms with Gasteiger partial charge in [-0.25, -0.2) is 0 Å². The van der Waals surface area contributed by atoms with E-state index >= 15 is 0 Å². The molecule has 0 aromatic heterocycles. The molecule has 0 radical (unpaired) electrons. The highest BCUT2D eigenvalue weighted by Gasteiger charge is 2.46. The Labute approximate surface area is 165 Å². The molecule has 0 fully saturated rings. The molecule has 1 aliphatic rings. The van der Waals surface area contributed by atoms with Crippen molar-refractivity contribution in [2.45, 2.75) is 12.3 Å². The van der Waals surface area contributed by atoms with Crippen LogP contribution in [0.2, 0.25) is 0 Å². The fourth-order valence-corrected chi connectivity index (χ4v) is 4.73. The van der Waals surface area contributed by atoms with Crippen LogP contribution in [0.3, 0.4) is 0 Å². The number of aryl methyl sites for hydroxylation is 1. The van der Waals surface area contributed by atoms with E-state index in [1.807, 2.05) is 24.3 Å². The van der Waals surface area contributed by atoms with Crippen LogP contribution in [0.1, 0.15) is 27.8 Å². The molecule has 0 heterocycles. The Bertz CT molecular complexity index is 1160. The highest BCUT2D eigenvalue weighted by molar-refractivity contribution is 5.86. The Morgan fingerprint density at radius 1 is 0.571 bits per heavy atom. The molecule has 0 saturated carbocycles. The third-order valence-corrected chi connectivity index (χ3v) is 5.84. The van der Waals surface area contributed by atoms with Gasteiger partial charge < -0.3 is 11.5 Å². The maximum Gasteiger partial charge on any atom is 0.0715 e. The summed E-state index contributed by atoms with van der Waals surface area (Å²) in [4.78, 5) is 0. The minimum atomic E-state index is -0.442. The standard InChI is InChI=1S/C26H22N2/c1-17-12-13-23-22-10-2-3-11-24(22)26(25(23)14-17,18-6-4-8-20(27)15-18)19-7-5-9-21(28)16-19/h2-16H,27-28H2,1H3. The number of anilines is 2. The molecule has 0 saturated heterocycles. The van der Waals surface area contributed by atoms with Gasteiger partial charge >= 0.3 is 0 Å². The van der Waals surface area contributed by atoms with Crippen LogP contribution >= 0.6 is 0 Å². The second kappa shape index (κ2) is 6.00. The molecule has 4 aromatic rings. The first-order chi connectivity index (χ1) is 13.6. The van der Waals surface area contributed by atoms with E-state index in [0.717, 1.165) is 22.5 Å². The maximum absolute atomic E-state index is 6.24. The second-order valence-electron chi connectivity index (χ2n) is 7.60. The van der Waals surface area contributed by atoms with E-state index in [9.17, 15) is 0 Å². The van der Waals surface area contributed by atoms with E-state index in [2.05, 4.69) is 73.7 Å². The van der Waals surface area contributed by atoms with Crippen LogP contribution in [0.4, 0.5) is 11.4 Å². The van der Waals surface area contributed by atoms with Crippen molar-refractivity contribution in [3.63, 3.8) is 0 Å². The summed E-state index contributed by atoms with van der Waals surface area (Å²) in [5, 5.41) is 0. The molecule has 2 nitrogen and oxygen atoms in total. The van der Waals surface area contributed by atoms with Crippen molar-refractivity contribution in [2.24, 2.45) is 0 Å². The lowest BCUT2D eigenvalue weighted by Gasteiger charge is -2.34. The largest absolute Gasteiger partial charge is 0.399 e. The van der Waals surface area contributed by atoms with Crippen LogP contribution in [0, 0.1) is 6.92 Å². The number of fused-ring (bicyclic) bond motifs is 3. The Morgan fingerprint density at radius 3 is 1.82 bits per heavy atom. The fraction of sp³-hybridized carbons (Fsp3) is 0.0769. The molecule has 0 amide bonds. The molecule has 0 unspecified atom stereocenters. The number of hydrogen-bond donors (Lipinski definition) is 2. The predicted molar refractivity (Wildman–Crippen MR) is 117 cm³/mol. The summed E-state index contributed by atoms with van der Waals surface area (Å²) in [6.07, 6.45) is 0. The molecular weight excluding hydrogens is 340 g/mol. The zero-order valence-corrected chi connectivity index (χ0v) is 15.8. The van der Waals surface area contributed by atoms with E-state index in [0.29, 0.717) is 0 Å². The van der Waals surface area contributed by atoms with E-state index in [4.69, 9.17) is 11.5 Å². The molecule has 2 heteroatoms. The lowest BCUT2D eigenvalue weighted by Crippen LogP contribution is -2.29. The van der Waals surface area contributed by atoms with Gasteiger partial charge in [0.05, 0.1) is 5.41 Å². The molecule has 28 heavy (non-hydrogen) atoms. The Kier molecular flexibility index (Phi) is 3.56. The van der Waals surface area contributed by atoms with Crippen molar-refractivity contribution >= 4 is 11.4 Å². The molecule has 5 rings (SSSR count). The minimum absolute atomic E-state index is 0.442. The van der Waals surface area contributed by atoms with Gasteiger partial charge in [0.1, 0.15) is 0 Å². The number of nitrogen functional groups attached to an aromatic ring is 2. The number of benzene rings is 4. The Hall–Kier alpha value is -3.52. The minimum Gasteiger partial charge on any atom is -0.399 e. The molecule has 136 valence electrons. The second-order valence-corrected chi connectivity index (χ2v) is 7.60. The van der Waals surface area contributed by atoms with Crippen molar-refractivity contribution in [1.82, 2.24) is 0 Å². The molecule has 0 spiro atoms. The molecular formula is C26H22N2. The zero-order valence-electron chi connectivity index (χ0n) is 15.8. The summed E-state index contributed by atoms with van der Waals surface area (Å²) in [6, 6.07) is 31.9. The Balaban J connectivity index is 1.99. The molecule has 4 N–H and O–H groups in total. The van der Waals surface area contributed by atoms with Crippen molar-refractivity contribution in [3.8, 4) is 11.1 Å². The van der Waals surface area contributed by atoms with Gasteiger partial charge in [-0.3, -0.25) is 0 Å². The molecule has 0 aliphatic heterocycles. The summed E-state index contributed by atoms with van der Waals surface area (Å²) >= 11 is 0. The quantitative estimate of drug-likeness (QED) is 0.406. The van der Waals surface area contributed by atoms with Crippen molar-refractivity contribution in [1.29, 1.82) is 0 Å². The Morgan fingerprint density at radius 2 is 1.18 bits per heavy atom. The van der Waals surface area contributed by atoms with Gasteiger partial charge in [-0.2, -0.15) is 0 Å².